The molecule has 2 fully saturated rings. The summed E-state index contributed by atoms with van der Waals surface area (Å²) in [4.78, 5) is 38.0. The smallest absolute Gasteiger partial charge is 0.305 e. The third-order valence-electron chi connectivity index (χ3n) is 11.6. The second-order valence-electron chi connectivity index (χ2n) is 13.4. The number of allylic oxidation sites excluding steroid dienone is 2. The van der Waals surface area contributed by atoms with E-state index < -0.39 is 0 Å². The van der Waals surface area contributed by atoms with Crippen LogP contribution in [-0.2, 0) is 23.9 Å². The van der Waals surface area contributed by atoms with E-state index in [1.165, 1.54) is 19.6 Å². The van der Waals surface area contributed by atoms with Crippen molar-refractivity contribution in [3.8, 4) is 0 Å². The highest BCUT2D eigenvalue weighted by Crippen LogP contribution is 2.69. The number of hydrogen-bond acceptors (Lipinski definition) is 5. The third-order valence-corrected chi connectivity index (χ3v) is 11.6. The summed E-state index contributed by atoms with van der Waals surface area (Å²) < 4.78 is 10.7. The molecule has 5 nitrogen and oxygen atoms in total. The number of methoxy groups -OCH3 is 1. The molecule has 7 atom stereocenters. The molecule has 0 aliphatic heterocycles. The van der Waals surface area contributed by atoms with Gasteiger partial charge in [-0.1, -0.05) is 47.1 Å². The second kappa shape index (κ2) is 8.73. The van der Waals surface area contributed by atoms with E-state index in [1.54, 1.807) is 0 Å². The number of ether oxygens (including phenoxy) is 2. The molecule has 0 spiro atoms. The van der Waals surface area contributed by atoms with Gasteiger partial charge in [0.2, 0.25) is 0 Å². The average molecular weight is 487 g/mol. The van der Waals surface area contributed by atoms with E-state index in [-0.39, 0.29) is 39.7 Å². The van der Waals surface area contributed by atoms with Crippen molar-refractivity contribution in [3.63, 3.8) is 0 Å². The summed E-state index contributed by atoms with van der Waals surface area (Å²) >= 11 is 0. The van der Waals surface area contributed by atoms with Crippen molar-refractivity contribution in [2.75, 3.05) is 7.11 Å². The molecule has 2 saturated carbocycles. The Bertz CT molecular complexity index is 946. The van der Waals surface area contributed by atoms with Gasteiger partial charge in [-0.3, -0.25) is 14.4 Å². The Hall–Kier alpha value is -1.65. The van der Waals surface area contributed by atoms with Crippen LogP contribution in [0, 0.1) is 39.4 Å². The van der Waals surface area contributed by atoms with Crippen LogP contribution in [0.15, 0.2) is 11.1 Å². The van der Waals surface area contributed by atoms with Gasteiger partial charge in [0.1, 0.15) is 6.10 Å². The molecule has 5 heteroatoms. The molecule has 0 N–H and O–H groups in total. The molecule has 4 aliphatic carbocycles. The molecule has 4 rings (SSSR count). The number of Topliss-reactive ketones (excluding diaryl/α,β-unsaturated/α-hetero) is 1. The van der Waals surface area contributed by atoms with Gasteiger partial charge in [0.15, 0.2) is 5.78 Å². The van der Waals surface area contributed by atoms with Crippen LogP contribution in [-0.4, -0.2) is 30.9 Å². The zero-order chi connectivity index (χ0) is 26.0. The van der Waals surface area contributed by atoms with E-state index in [0.717, 1.165) is 56.9 Å². The summed E-state index contributed by atoms with van der Waals surface area (Å²) in [6.45, 7) is 15.2. The summed E-state index contributed by atoms with van der Waals surface area (Å²) in [5, 5.41) is 0. The molecule has 0 aromatic carbocycles. The highest BCUT2D eigenvalue weighted by Gasteiger charge is 2.65. The molecule has 0 saturated heterocycles. The standard InChI is InChI=1S/C30H46O5/c1-18(9-10-25(32)34-8)21-11-16-30(7)26(33)20-17-23-27(3,4)24(35-19(2)31)13-14-28(23,5)22(20)12-15-29(21,30)6/h18,21,23-24H,9-17H2,1-8H3/t18?,21-,23+,24+,28-,29-,30+/m1/s1. The van der Waals surface area contributed by atoms with Crippen LogP contribution in [0.2, 0.25) is 0 Å². The number of rotatable bonds is 5. The maximum Gasteiger partial charge on any atom is 0.305 e. The van der Waals surface area contributed by atoms with E-state index >= 15 is 0 Å². The number of ketones is 1. The molecule has 0 bridgehead atoms. The zero-order valence-corrected chi connectivity index (χ0v) is 23.2. The summed E-state index contributed by atoms with van der Waals surface area (Å²) in [6.07, 6.45) is 7.78. The first kappa shape index (κ1) is 26.4. The topological polar surface area (TPSA) is 69.7 Å². The first-order valence-electron chi connectivity index (χ1n) is 13.7. The number of carbonyl (C=O) groups excluding carboxylic acids is 3. The third kappa shape index (κ3) is 3.82. The molecule has 0 radical (unpaired) electrons. The van der Waals surface area contributed by atoms with Crippen molar-refractivity contribution < 1.29 is 23.9 Å². The van der Waals surface area contributed by atoms with Crippen LogP contribution in [0.25, 0.3) is 0 Å². The van der Waals surface area contributed by atoms with Gasteiger partial charge in [-0.15, -0.1) is 0 Å². The lowest BCUT2D eigenvalue weighted by atomic mass is 9.53. The first-order chi connectivity index (χ1) is 16.2. The molecule has 0 aromatic heterocycles. The summed E-state index contributed by atoms with van der Waals surface area (Å²) in [5.41, 5.74) is 1.89. The number of fused-ring (bicyclic) bond motifs is 3. The fourth-order valence-corrected chi connectivity index (χ4v) is 9.19. The molecular weight excluding hydrogens is 440 g/mol. The molecular formula is C30H46O5. The van der Waals surface area contributed by atoms with Gasteiger partial charge in [0, 0.05) is 24.2 Å². The fraction of sp³-hybridized carbons (Fsp3) is 0.833. The van der Waals surface area contributed by atoms with Gasteiger partial charge >= 0.3 is 11.9 Å². The Kier molecular flexibility index (Phi) is 6.59. The summed E-state index contributed by atoms with van der Waals surface area (Å²) in [6, 6.07) is 0. The maximum atomic E-state index is 14.5. The molecule has 0 heterocycles. The van der Waals surface area contributed by atoms with Gasteiger partial charge in [-0.25, -0.2) is 0 Å². The van der Waals surface area contributed by atoms with Gasteiger partial charge < -0.3 is 9.47 Å². The molecule has 4 aliphatic rings. The normalized spacial score (nSPS) is 40.9. The predicted octanol–water partition coefficient (Wildman–Crippen LogP) is 6.44. The zero-order valence-electron chi connectivity index (χ0n) is 23.2. The van der Waals surface area contributed by atoms with Crippen molar-refractivity contribution in [2.24, 2.45) is 39.4 Å². The van der Waals surface area contributed by atoms with E-state index in [2.05, 4.69) is 41.5 Å². The minimum atomic E-state index is -0.364. The quantitative estimate of drug-likeness (QED) is 0.419. The Labute approximate surface area is 211 Å². The highest BCUT2D eigenvalue weighted by molar-refractivity contribution is 6.02. The predicted molar refractivity (Wildman–Crippen MR) is 135 cm³/mol. The van der Waals surface area contributed by atoms with Crippen molar-refractivity contribution in [2.45, 2.75) is 112 Å². The van der Waals surface area contributed by atoms with Crippen LogP contribution in [0.1, 0.15) is 106 Å². The van der Waals surface area contributed by atoms with Crippen LogP contribution in [0.4, 0.5) is 0 Å². The van der Waals surface area contributed by atoms with Gasteiger partial charge in [-0.2, -0.15) is 0 Å². The number of hydrogen-bond donors (Lipinski definition) is 0. The second-order valence-corrected chi connectivity index (χ2v) is 13.4. The highest BCUT2D eigenvalue weighted by atomic mass is 16.5. The summed E-state index contributed by atoms with van der Waals surface area (Å²) in [7, 11) is 1.45. The summed E-state index contributed by atoms with van der Waals surface area (Å²) in [5.74, 6) is 1.14. The molecule has 0 aromatic rings. The minimum Gasteiger partial charge on any atom is -0.469 e. The first-order valence-corrected chi connectivity index (χ1v) is 13.7. The van der Waals surface area contributed by atoms with Crippen molar-refractivity contribution in [1.82, 2.24) is 0 Å². The lowest BCUT2D eigenvalue weighted by molar-refractivity contribution is -0.164. The van der Waals surface area contributed by atoms with Crippen LogP contribution in [0.3, 0.4) is 0 Å². The minimum absolute atomic E-state index is 0.0114. The van der Waals surface area contributed by atoms with Crippen LogP contribution in [0.5, 0.6) is 0 Å². The SMILES string of the molecule is COC(=O)CCC(C)[C@H]1CC[C@@]2(C)C(=O)C3=C(CC[C@]12C)[C@@]1(C)CC[C@H](OC(C)=O)C(C)(C)[C@@H]1C3. The van der Waals surface area contributed by atoms with E-state index in [1.807, 2.05) is 0 Å². The van der Waals surface area contributed by atoms with Gasteiger partial charge in [0.25, 0.3) is 0 Å². The van der Waals surface area contributed by atoms with Gasteiger partial charge in [-0.05, 0) is 85.5 Å². The largest absolute Gasteiger partial charge is 0.469 e. The van der Waals surface area contributed by atoms with Gasteiger partial charge in [0.05, 0.1) is 7.11 Å². The molecule has 1 unspecified atom stereocenters. The Balaban J connectivity index is 1.62. The van der Waals surface area contributed by atoms with Crippen LogP contribution >= 0.6 is 0 Å². The molecule has 196 valence electrons. The maximum absolute atomic E-state index is 14.5. The number of esters is 2. The Morgan fingerprint density at radius 3 is 2.37 bits per heavy atom. The van der Waals surface area contributed by atoms with Crippen molar-refractivity contribution >= 4 is 17.7 Å². The average Bonchev–Trinajstić information content (AvgIpc) is 3.21. The lowest BCUT2D eigenvalue weighted by Gasteiger charge is -2.53. The Morgan fingerprint density at radius 1 is 1.06 bits per heavy atom. The lowest BCUT2D eigenvalue weighted by Crippen LogP contribution is -2.50. The fourth-order valence-electron chi connectivity index (χ4n) is 9.19. The van der Waals surface area contributed by atoms with E-state index in [0.29, 0.717) is 30.0 Å². The monoisotopic (exact) mass is 486 g/mol. The number of carbonyl (C=O) groups is 3. The van der Waals surface area contributed by atoms with E-state index in [9.17, 15) is 14.4 Å². The van der Waals surface area contributed by atoms with Crippen molar-refractivity contribution in [3.05, 3.63) is 11.1 Å². The van der Waals surface area contributed by atoms with Crippen molar-refractivity contribution in [1.29, 1.82) is 0 Å². The van der Waals surface area contributed by atoms with E-state index in [4.69, 9.17) is 9.47 Å². The Morgan fingerprint density at radius 2 is 1.74 bits per heavy atom. The van der Waals surface area contributed by atoms with Crippen LogP contribution < -0.4 is 0 Å². The molecule has 0 amide bonds. The molecule has 35 heavy (non-hydrogen) atoms.